The fourth-order valence-electron chi connectivity index (χ4n) is 1.80. The van der Waals surface area contributed by atoms with Gasteiger partial charge in [0.25, 0.3) is 0 Å². The van der Waals surface area contributed by atoms with Gasteiger partial charge in [0, 0.05) is 0 Å². The summed E-state index contributed by atoms with van der Waals surface area (Å²) < 4.78 is 12.7. The summed E-state index contributed by atoms with van der Waals surface area (Å²) in [7, 11) is 0. The summed E-state index contributed by atoms with van der Waals surface area (Å²) in [6, 6.07) is 14.2. The zero-order valence-electron chi connectivity index (χ0n) is 9.60. The molecule has 3 aromatic rings. The van der Waals surface area contributed by atoms with Crippen molar-refractivity contribution >= 4 is 23.2 Å². The molecule has 1 aromatic heterocycles. The molecule has 2 aromatic carbocycles. The summed E-state index contributed by atoms with van der Waals surface area (Å²) in [4.78, 5) is 7.63. The first kappa shape index (κ1) is 10.7. The van der Waals surface area contributed by atoms with Gasteiger partial charge in [0.2, 0.25) is 0 Å². The van der Waals surface area contributed by atoms with E-state index in [-0.39, 0.29) is 5.82 Å². The van der Waals surface area contributed by atoms with Crippen LogP contribution in [0.3, 0.4) is 0 Å². The molecule has 18 heavy (non-hydrogen) atoms. The number of benzene rings is 2. The van der Waals surface area contributed by atoms with Gasteiger partial charge in [-0.15, -0.1) is 0 Å². The molecule has 88 valence electrons. The van der Waals surface area contributed by atoms with Crippen LogP contribution in [0.25, 0.3) is 23.2 Å². The number of hydrogen-bond acceptors (Lipinski definition) is 1. The monoisotopic (exact) mass is 238 g/mol. The van der Waals surface area contributed by atoms with E-state index in [9.17, 15) is 4.39 Å². The van der Waals surface area contributed by atoms with Crippen molar-refractivity contribution in [3.63, 3.8) is 0 Å². The van der Waals surface area contributed by atoms with Gasteiger partial charge in [0.1, 0.15) is 11.6 Å². The van der Waals surface area contributed by atoms with Crippen molar-refractivity contribution in [2.45, 2.75) is 0 Å². The normalized spacial score (nSPS) is 11.4. The van der Waals surface area contributed by atoms with E-state index in [1.165, 1.54) is 12.1 Å². The molecule has 3 rings (SSSR count). The van der Waals surface area contributed by atoms with Crippen molar-refractivity contribution in [3.05, 3.63) is 65.7 Å². The Morgan fingerprint density at radius 2 is 1.72 bits per heavy atom. The molecule has 0 saturated carbocycles. The second-order valence-electron chi connectivity index (χ2n) is 4.02. The van der Waals surface area contributed by atoms with E-state index in [1.54, 1.807) is 12.1 Å². The Balaban J connectivity index is 1.89. The number of nitrogens with zero attached hydrogens (tertiary/aromatic N) is 1. The molecule has 0 aliphatic heterocycles. The maximum absolute atomic E-state index is 12.7. The van der Waals surface area contributed by atoms with Crippen LogP contribution in [-0.2, 0) is 0 Å². The zero-order chi connectivity index (χ0) is 12.4. The van der Waals surface area contributed by atoms with Gasteiger partial charge in [-0.1, -0.05) is 30.3 Å². The molecule has 0 spiro atoms. The highest BCUT2D eigenvalue weighted by Gasteiger charge is 1.97. The SMILES string of the molecule is Fc1ccc(/C=C/c2nc3ccccc3[nH]2)cc1. The number of imidazole rings is 1. The molecule has 0 aliphatic carbocycles. The highest BCUT2D eigenvalue weighted by molar-refractivity contribution is 5.78. The number of rotatable bonds is 2. The largest absolute Gasteiger partial charge is 0.338 e. The van der Waals surface area contributed by atoms with Crippen LogP contribution >= 0.6 is 0 Å². The Morgan fingerprint density at radius 1 is 0.944 bits per heavy atom. The first-order valence-electron chi connectivity index (χ1n) is 5.70. The molecule has 1 N–H and O–H groups in total. The number of fused-ring (bicyclic) bond motifs is 1. The number of nitrogens with one attached hydrogen (secondary N) is 1. The molecule has 0 amide bonds. The molecule has 2 nitrogen and oxygen atoms in total. The highest BCUT2D eigenvalue weighted by atomic mass is 19.1. The first-order valence-corrected chi connectivity index (χ1v) is 5.70. The summed E-state index contributed by atoms with van der Waals surface area (Å²) in [5, 5.41) is 0. The van der Waals surface area contributed by atoms with Gasteiger partial charge in [-0.3, -0.25) is 0 Å². The third-order valence-electron chi connectivity index (χ3n) is 2.71. The summed E-state index contributed by atoms with van der Waals surface area (Å²) in [5.41, 5.74) is 2.89. The van der Waals surface area contributed by atoms with E-state index in [0.717, 1.165) is 22.4 Å². The van der Waals surface area contributed by atoms with E-state index < -0.39 is 0 Å². The smallest absolute Gasteiger partial charge is 0.131 e. The lowest BCUT2D eigenvalue weighted by Gasteiger charge is -1.91. The lowest BCUT2D eigenvalue weighted by molar-refractivity contribution is 0.628. The van der Waals surface area contributed by atoms with Crippen molar-refractivity contribution in [3.8, 4) is 0 Å². The summed E-state index contributed by atoms with van der Waals surface area (Å²) in [6.45, 7) is 0. The topological polar surface area (TPSA) is 28.7 Å². The number of H-pyrrole nitrogens is 1. The van der Waals surface area contributed by atoms with Gasteiger partial charge >= 0.3 is 0 Å². The first-order chi connectivity index (χ1) is 8.81. The van der Waals surface area contributed by atoms with Crippen LogP contribution in [0.2, 0.25) is 0 Å². The molecule has 0 radical (unpaired) electrons. The molecular formula is C15H11FN2. The minimum atomic E-state index is -0.226. The van der Waals surface area contributed by atoms with Gasteiger partial charge in [0.05, 0.1) is 11.0 Å². The molecule has 0 aliphatic rings. The average molecular weight is 238 g/mol. The van der Waals surface area contributed by atoms with Crippen LogP contribution in [0.1, 0.15) is 11.4 Å². The lowest BCUT2D eigenvalue weighted by Crippen LogP contribution is -1.76. The van der Waals surface area contributed by atoms with Crippen LogP contribution in [0.5, 0.6) is 0 Å². The third-order valence-corrected chi connectivity index (χ3v) is 2.71. The molecule has 0 atom stereocenters. The van der Waals surface area contributed by atoms with E-state index in [2.05, 4.69) is 9.97 Å². The van der Waals surface area contributed by atoms with Crippen molar-refractivity contribution < 1.29 is 4.39 Å². The maximum atomic E-state index is 12.7. The van der Waals surface area contributed by atoms with Crippen LogP contribution in [0, 0.1) is 5.82 Å². The predicted octanol–water partition coefficient (Wildman–Crippen LogP) is 3.87. The Labute approximate surface area is 104 Å². The van der Waals surface area contributed by atoms with Crippen molar-refractivity contribution in [2.24, 2.45) is 0 Å². The number of halogens is 1. The van der Waals surface area contributed by atoms with Crippen LogP contribution in [-0.4, -0.2) is 9.97 Å². The fourth-order valence-corrected chi connectivity index (χ4v) is 1.80. The van der Waals surface area contributed by atoms with Crippen LogP contribution < -0.4 is 0 Å². The highest BCUT2D eigenvalue weighted by Crippen LogP contribution is 2.12. The van der Waals surface area contributed by atoms with Gasteiger partial charge in [-0.2, -0.15) is 0 Å². The molecule has 0 fully saturated rings. The molecule has 3 heteroatoms. The van der Waals surface area contributed by atoms with Crippen molar-refractivity contribution in [1.29, 1.82) is 0 Å². The minimum Gasteiger partial charge on any atom is -0.338 e. The van der Waals surface area contributed by atoms with Crippen molar-refractivity contribution in [1.82, 2.24) is 9.97 Å². The lowest BCUT2D eigenvalue weighted by atomic mass is 10.2. The number of aromatic nitrogens is 2. The molecule has 0 bridgehead atoms. The minimum absolute atomic E-state index is 0.226. The standard InChI is InChI=1S/C15H11FN2/c16-12-8-5-11(6-9-12)7-10-15-17-13-3-1-2-4-14(13)18-15/h1-10H,(H,17,18)/b10-7+. The van der Waals surface area contributed by atoms with Gasteiger partial charge in [-0.05, 0) is 35.9 Å². The van der Waals surface area contributed by atoms with Crippen LogP contribution in [0.15, 0.2) is 48.5 Å². The van der Waals surface area contributed by atoms with E-state index in [4.69, 9.17) is 0 Å². The maximum Gasteiger partial charge on any atom is 0.131 e. The third kappa shape index (κ3) is 2.15. The molecule has 0 unspecified atom stereocenters. The summed E-state index contributed by atoms with van der Waals surface area (Å²) in [5.74, 6) is 0.566. The Morgan fingerprint density at radius 3 is 2.50 bits per heavy atom. The van der Waals surface area contributed by atoms with E-state index >= 15 is 0 Å². The number of aromatic amines is 1. The Bertz CT molecular complexity index is 663. The van der Waals surface area contributed by atoms with Gasteiger partial charge in [-0.25, -0.2) is 9.37 Å². The molecule has 1 heterocycles. The van der Waals surface area contributed by atoms with Crippen molar-refractivity contribution in [2.75, 3.05) is 0 Å². The number of para-hydroxylation sites is 2. The van der Waals surface area contributed by atoms with Gasteiger partial charge in [0.15, 0.2) is 0 Å². The zero-order valence-corrected chi connectivity index (χ0v) is 9.60. The van der Waals surface area contributed by atoms with Crippen LogP contribution in [0.4, 0.5) is 4.39 Å². The summed E-state index contributed by atoms with van der Waals surface area (Å²) in [6.07, 6.45) is 3.78. The molecule has 0 saturated heterocycles. The fraction of sp³-hybridized carbons (Fsp3) is 0. The Hall–Kier alpha value is -2.42. The predicted molar refractivity (Wildman–Crippen MR) is 71.4 cm³/mol. The van der Waals surface area contributed by atoms with E-state index in [0.29, 0.717) is 0 Å². The average Bonchev–Trinajstić information content (AvgIpc) is 2.81. The second-order valence-corrected chi connectivity index (χ2v) is 4.02. The molecular weight excluding hydrogens is 227 g/mol. The number of hydrogen-bond donors (Lipinski definition) is 1. The Kier molecular flexibility index (Phi) is 2.65. The van der Waals surface area contributed by atoms with E-state index in [1.807, 2.05) is 36.4 Å². The second kappa shape index (κ2) is 4.45. The summed E-state index contributed by atoms with van der Waals surface area (Å²) >= 11 is 0. The quantitative estimate of drug-likeness (QED) is 0.721. The van der Waals surface area contributed by atoms with Gasteiger partial charge < -0.3 is 4.98 Å².